The van der Waals surface area contributed by atoms with Crippen LogP contribution in [-0.2, 0) is 4.74 Å². The van der Waals surface area contributed by atoms with Crippen molar-refractivity contribution in [2.75, 3.05) is 13.7 Å². The van der Waals surface area contributed by atoms with Crippen LogP contribution in [-0.4, -0.2) is 29.5 Å². The summed E-state index contributed by atoms with van der Waals surface area (Å²) in [5, 5.41) is 2.81. The van der Waals surface area contributed by atoms with Crippen LogP contribution in [0.3, 0.4) is 0 Å². The Kier molecular flexibility index (Phi) is 5.14. The summed E-state index contributed by atoms with van der Waals surface area (Å²) >= 11 is 0. The fourth-order valence-corrected chi connectivity index (χ4v) is 1.84. The minimum Gasteiger partial charge on any atom is -0.497 e. The average molecular weight is 297 g/mol. The number of ether oxygens (including phenoxy) is 1. The van der Waals surface area contributed by atoms with E-state index in [4.69, 9.17) is 4.74 Å². The Labute approximate surface area is 129 Å². The summed E-state index contributed by atoms with van der Waals surface area (Å²) in [6.45, 7) is 8.07. The molecule has 5 nitrogen and oxygen atoms in total. The van der Waals surface area contributed by atoms with E-state index in [0.29, 0.717) is 24.5 Å². The second-order valence-electron chi connectivity index (χ2n) is 4.77. The third-order valence-corrected chi connectivity index (χ3v) is 3.10. The fourth-order valence-electron chi connectivity index (χ4n) is 1.84. The van der Waals surface area contributed by atoms with E-state index in [1.165, 1.54) is 0 Å². The second kappa shape index (κ2) is 7.26. The molecule has 1 aromatic heterocycles. The van der Waals surface area contributed by atoms with Crippen molar-refractivity contribution < 1.29 is 9.53 Å². The van der Waals surface area contributed by atoms with Crippen LogP contribution in [0.1, 0.15) is 17.0 Å². The Morgan fingerprint density at radius 2 is 2.14 bits per heavy atom. The van der Waals surface area contributed by atoms with Crippen molar-refractivity contribution in [3.05, 3.63) is 66.7 Å². The van der Waals surface area contributed by atoms with Gasteiger partial charge in [-0.05, 0) is 24.6 Å². The van der Waals surface area contributed by atoms with Crippen LogP contribution in [0.2, 0.25) is 0 Å². The van der Waals surface area contributed by atoms with Crippen LogP contribution in [0.25, 0.3) is 11.0 Å². The molecule has 2 rings (SSSR count). The standard InChI is InChI=1S/C17H19N3O2/c1-12(8-9-13(2)22-3)10-11-18-17(21)16-19-14-6-4-5-7-15(14)20-16/h4-9H,1-2,10-11H2,3H3,(H,18,21)(H,19,20)/b9-8-. The van der Waals surface area contributed by atoms with Gasteiger partial charge in [0, 0.05) is 6.54 Å². The lowest BCUT2D eigenvalue weighted by atomic mass is 10.2. The lowest BCUT2D eigenvalue weighted by Gasteiger charge is -2.03. The predicted molar refractivity (Wildman–Crippen MR) is 87.5 cm³/mol. The number of nitrogens with zero attached hydrogens (tertiary/aromatic N) is 1. The van der Waals surface area contributed by atoms with E-state index >= 15 is 0 Å². The molecule has 0 atom stereocenters. The number of methoxy groups -OCH3 is 1. The highest BCUT2D eigenvalue weighted by atomic mass is 16.5. The molecule has 0 aliphatic rings. The molecular formula is C17H19N3O2. The minimum absolute atomic E-state index is 0.228. The number of nitrogens with one attached hydrogen (secondary N) is 2. The number of amides is 1. The normalized spacial score (nSPS) is 10.8. The molecule has 1 aromatic carbocycles. The zero-order valence-corrected chi connectivity index (χ0v) is 12.6. The van der Waals surface area contributed by atoms with Gasteiger partial charge in [-0.3, -0.25) is 4.79 Å². The molecule has 0 spiro atoms. The first-order valence-electron chi connectivity index (χ1n) is 6.92. The molecule has 0 saturated carbocycles. The highest BCUT2D eigenvalue weighted by Crippen LogP contribution is 2.10. The van der Waals surface area contributed by atoms with E-state index in [2.05, 4.69) is 28.4 Å². The lowest BCUT2D eigenvalue weighted by molar-refractivity contribution is 0.0945. The van der Waals surface area contributed by atoms with Crippen LogP contribution < -0.4 is 5.32 Å². The zero-order chi connectivity index (χ0) is 15.9. The molecule has 0 bridgehead atoms. The van der Waals surface area contributed by atoms with E-state index in [9.17, 15) is 4.79 Å². The quantitative estimate of drug-likeness (QED) is 0.610. The van der Waals surface area contributed by atoms with Gasteiger partial charge in [0.05, 0.1) is 18.1 Å². The van der Waals surface area contributed by atoms with E-state index in [1.807, 2.05) is 30.3 Å². The van der Waals surface area contributed by atoms with Crippen molar-refractivity contribution in [2.24, 2.45) is 0 Å². The first-order chi connectivity index (χ1) is 10.6. The Hall–Kier alpha value is -2.82. The molecule has 0 aliphatic carbocycles. The molecule has 0 saturated heterocycles. The zero-order valence-electron chi connectivity index (χ0n) is 12.6. The molecule has 22 heavy (non-hydrogen) atoms. The number of fused-ring (bicyclic) bond motifs is 1. The maximum Gasteiger partial charge on any atom is 0.287 e. The summed E-state index contributed by atoms with van der Waals surface area (Å²) in [5.74, 6) is 0.650. The summed E-state index contributed by atoms with van der Waals surface area (Å²) in [6.07, 6.45) is 4.20. The molecule has 1 heterocycles. The summed E-state index contributed by atoms with van der Waals surface area (Å²) in [7, 11) is 1.56. The number of aromatic amines is 1. The Bertz CT molecular complexity index is 695. The molecule has 114 valence electrons. The molecule has 5 heteroatoms. The van der Waals surface area contributed by atoms with E-state index in [-0.39, 0.29) is 5.91 Å². The number of imidazole rings is 1. The van der Waals surface area contributed by atoms with Crippen LogP contribution in [0.4, 0.5) is 0 Å². The molecule has 0 fully saturated rings. The van der Waals surface area contributed by atoms with Crippen molar-refractivity contribution in [3.63, 3.8) is 0 Å². The van der Waals surface area contributed by atoms with Gasteiger partial charge in [-0.2, -0.15) is 0 Å². The van der Waals surface area contributed by atoms with Gasteiger partial charge in [0.2, 0.25) is 0 Å². The number of allylic oxidation sites excluding steroid dienone is 2. The van der Waals surface area contributed by atoms with E-state index in [1.54, 1.807) is 13.2 Å². The van der Waals surface area contributed by atoms with Gasteiger partial charge in [0.15, 0.2) is 5.82 Å². The molecule has 2 aromatic rings. The van der Waals surface area contributed by atoms with Gasteiger partial charge >= 0.3 is 0 Å². The Morgan fingerprint density at radius 3 is 2.86 bits per heavy atom. The summed E-state index contributed by atoms with van der Waals surface area (Å²) < 4.78 is 4.93. The van der Waals surface area contributed by atoms with Crippen LogP contribution in [0.15, 0.2) is 60.9 Å². The summed E-state index contributed by atoms with van der Waals surface area (Å²) in [6, 6.07) is 7.52. The third-order valence-electron chi connectivity index (χ3n) is 3.10. The average Bonchev–Trinajstić information content (AvgIpc) is 2.96. The monoisotopic (exact) mass is 297 g/mol. The molecule has 0 radical (unpaired) electrons. The first kappa shape index (κ1) is 15.6. The second-order valence-corrected chi connectivity index (χ2v) is 4.77. The maximum atomic E-state index is 12.0. The number of carbonyl (C=O) groups is 1. The smallest absolute Gasteiger partial charge is 0.287 e. The SMILES string of the molecule is C=C(/C=C\C(=C)OC)CCNC(=O)c1nc2ccccc2[nH]1. The molecule has 0 unspecified atom stereocenters. The number of H-pyrrole nitrogens is 1. The Balaban J connectivity index is 1.84. The van der Waals surface area contributed by atoms with E-state index < -0.39 is 0 Å². The van der Waals surface area contributed by atoms with Crippen molar-refractivity contribution >= 4 is 16.9 Å². The van der Waals surface area contributed by atoms with Gasteiger partial charge in [0.25, 0.3) is 5.91 Å². The number of rotatable bonds is 7. The molecular weight excluding hydrogens is 278 g/mol. The largest absolute Gasteiger partial charge is 0.497 e. The number of carbonyl (C=O) groups excluding carboxylic acids is 1. The fraction of sp³-hybridized carbons (Fsp3) is 0.176. The van der Waals surface area contributed by atoms with Gasteiger partial charge in [-0.15, -0.1) is 0 Å². The number of para-hydroxylation sites is 2. The number of benzene rings is 1. The highest BCUT2D eigenvalue weighted by Gasteiger charge is 2.10. The van der Waals surface area contributed by atoms with Crippen LogP contribution in [0.5, 0.6) is 0 Å². The van der Waals surface area contributed by atoms with Crippen LogP contribution >= 0.6 is 0 Å². The predicted octanol–water partition coefficient (Wildman–Crippen LogP) is 2.96. The van der Waals surface area contributed by atoms with Crippen molar-refractivity contribution in [1.29, 1.82) is 0 Å². The topological polar surface area (TPSA) is 67.0 Å². The van der Waals surface area contributed by atoms with Gasteiger partial charge in [0.1, 0.15) is 5.76 Å². The first-order valence-corrected chi connectivity index (χ1v) is 6.92. The van der Waals surface area contributed by atoms with Crippen molar-refractivity contribution in [3.8, 4) is 0 Å². The third kappa shape index (κ3) is 4.09. The van der Waals surface area contributed by atoms with Crippen molar-refractivity contribution in [2.45, 2.75) is 6.42 Å². The lowest BCUT2D eigenvalue weighted by Crippen LogP contribution is -2.25. The van der Waals surface area contributed by atoms with E-state index in [0.717, 1.165) is 16.6 Å². The van der Waals surface area contributed by atoms with Gasteiger partial charge in [-0.25, -0.2) is 4.98 Å². The molecule has 1 amide bonds. The summed E-state index contributed by atoms with van der Waals surface area (Å²) in [5.41, 5.74) is 2.50. The minimum atomic E-state index is -0.228. The highest BCUT2D eigenvalue weighted by molar-refractivity contribution is 5.94. The van der Waals surface area contributed by atoms with Gasteiger partial charge in [-0.1, -0.05) is 36.9 Å². The van der Waals surface area contributed by atoms with Crippen LogP contribution in [0, 0.1) is 0 Å². The number of hydrogen-bond acceptors (Lipinski definition) is 3. The number of aromatic nitrogens is 2. The van der Waals surface area contributed by atoms with Crippen molar-refractivity contribution in [1.82, 2.24) is 15.3 Å². The molecule has 2 N–H and O–H groups in total. The molecule has 0 aliphatic heterocycles. The number of hydrogen-bond donors (Lipinski definition) is 2. The Morgan fingerprint density at radius 1 is 1.36 bits per heavy atom. The maximum absolute atomic E-state index is 12.0. The summed E-state index contributed by atoms with van der Waals surface area (Å²) in [4.78, 5) is 19.3. The van der Waals surface area contributed by atoms with Gasteiger partial charge < -0.3 is 15.0 Å².